The van der Waals surface area contributed by atoms with E-state index in [9.17, 15) is 9.59 Å². The van der Waals surface area contributed by atoms with Crippen LogP contribution in [0, 0.1) is 0 Å². The van der Waals surface area contributed by atoms with Gasteiger partial charge in [0.15, 0.2) is 0 Å². The van der Waals surface area contributed by atoms with Gasteiger partial charge in [-0.2, -0.15) is 0 Å². The minimum atomic E-state index is -0.974. The van der Waals surface area contributed by atoms with Crippen LogP contribution in [-0.2, 0) is 27.3 Å². The van der Waals surface area contributed by atoms with E-state index in [4.69, 9.17) is 35.4 Å². The summed E-state index contributed by atoms with van der Waals surface area (Å²) < 4.78 is 21.7. The molecule has 1 aromatic heterocycles. The highest BCUT2D eigenvalue weighted by Gasteiger charge is 2.26. The number of carbonyl (C=O) groups excluding carboxylic acids is 2. The summed E-state index contributed by atoms with van der Waals surface area (Å²) in [6.07, 6.45) is 1.13. The third-order valence-electron chi connectivity index (χ3n) is 5.78. The van der Waals surface area contributed by atoms with Crippen LogP contribution in [0.25, 0.3) is 10.9 Å². The van der Waals surface area contributed by atoms with Gasteiger partial charge in [-0.1, -0.05) is 40.7 Å². The van der Waals surface area contributed by atoms with E-state index in [2.05, 4.69) is 10.4 Å². The summed E-state index contributed by atoms with van der Waals surface area (Å²) in [6.45, 7) is 5.19. The lowest BCUT2D eigenvalue weighted by Gasteiger charge is -2.23. The van der Waals surface area contributed by atoms with Crippen molar-refractivity contribution in [3.05, 3.63) is 89.1 Å². The van der Waals surface area contributed by atoms with Gasteiger partial charge in [-0.15, -0.1) is 5.10 Å². The molecule has 11 heteroatoms. The number of carbonyl (C=O) groups is 2. The second-order valence-corrected chi connectivity index (χ2v) is 10.6. The van der Waals surface area contributed by atoms with E-state index < -0.39 is 23.7 Å². The number of amides is 1. The Labute approximate surface area is 243 Å². The van der Waals surface area contributed by atoms with Gasteiger partial charge >= 0.3 is 12.1 Å². The minimum absolute atomic E-state index is 0.0415. The molecule has 4 rings (SSSR count). The van der Waals surface area contributed by atoms with Gasteiger partial charge in [0, 0.05) is 16.8 Å². The lowest BCUT2D eigenvalue weighted by atomic mass is 10.1. The fourth-order valence-electron chi connectivity index (χ4n) is 3.79. The number of alkyl carbamates (subject to hydrolysis) is 1. The Morgan fingerprint density at radius 3 is 2.34 bits per heavy atom. The highest BCUT2D eigenvalue weighted by atomic mass is 35.5. The van der Waals surface area contributed by atoms with Crippen LogP contribution in [0.5, 0.6) is 11.5 Å². The van der Waals surface area contributed by atoms with Gasteiger partial charge in [0.2, 0.25) is 0 Å². The fraction of sp³-hybridized carbons (Fsp3) is 0.300. The van der Waals surface area contributed by atoms with E-state index in [0.29, 0.717) is 16.5 Å². The quantitative estimate of drug-likeness (QED) is 0.187. The molecule has 1 atom stereocenters. The van der Waals surface area contributed by atoms with Gasteiger partial charge < -0.3 is 29.1 Å². The first-order valence-corrected chi connectivity index (χ1v) is 13.2. The maximum Gasteiger partial charge on any atom is 0.408 e. The number of benzene rings is 3. The van der Waals surface area contributed by atoms with Crippen molar-refractivity contribution >= 4 is 34.6 Å². The number of fused-ring (bicyclic) bond motifs is 1. The van der Waals surface area contributed by atoms with Crippen LogP contribution < -0.4 is 19.6 Å². The molecule has 0 fully saturated rings. The number of aromatic nitrogens is 2. The Balaban J connectivity index is 1.35. The third kappa shape index (κ3) is 8.77. The van der Waals surface area contributed by atoms with Crippen molar-refractivity contribution in [2.75, 3.05) is 13.9 Å². The van der Waals surface area contributed by atoms with Crippen molar-refractivity contribution in [3.63, 3.8) is 0 Å². The highest BCUT2D eigenvalue weighted by Crippen LogP contribution is 2.19. The molecule has 4 aromatic rings. The minimum Gasteiger partial charge on any atom is -0.497 e. The smallest absolute Gasteiger partial charge is 0.408 e. The zero-order chi connectivity index (χ0) is 29.4. The monoisotopic (exact) mass is 581 g/mol. The third-order valence-corrected chi connectivity index (χ3v) is 6.01. The number of nitrogens with zero attached hydrogens (tertiary/aromatic N) is 2. The molecule has 1 N–H and O–H groups in total. The summed E-state index contributed by atoms with van der Waals surface area (Å²) in [6, 6.07) is 18.6. The van der Waals surface area contributed by atoms with Crippen LogP contribution in [0.3, 0.4) is 0 Å². The van der Waals surface area contributed by atoms with Crippen LogP contribution in [0.1, 0.15) is 31.9 Å². The lowest BCUT2D eigenvalue weighted by molar-refractivity contribution is -0.147. The molecular formula is C30H32ClN3O7. The first-order valence-electron chi connectivity index (χ1n) is 12.9. The van der Waals surface area contributed by atoms with Gasteiger partial charge in [0.25, 0.3) is 6.79 Å². The number of esters is 1. The number of nitrogens with one attached hydrogen (secondary N) is 1. The number of methoxy groups -OCH3 is 1. The SMILES string of the molecule is COc1ccc(COC(=O)[C@@H](Cc2ccc(OCOn3ncc4ccc(Cl)cc43)cc2)NC(=O)OC(C)(C)C)cc1. The molecule has 1 amide bonds. The van der Waals surface area contributed by atoms with Crippen molar-refractivity contribution in [1.29, 1.82) is 0 Å². The molecular weight excluding hydrogens is 550 g/mol. The summed E-state index contributed by atoms with van der Waals surface area (Å²) in [4.78, 5) is 32.4. The lowest BCUT2D eigenvalue weighted by Crippen LogP contribution is -2.45. The van der Waals surface area contributed by atoms with E-state index in [1.54, 1.807) is 94.7 Å². The van der Waals surface area contributed by atoms with Crippen LogP contribution in [0.4, 0.5) is 4.79 Å². The summed E-state index contributed by atoms with van der Waals surface area (Å²) in [5.41, 5.74) is 1.55. The molecule has 0 bridgehead atoms. The summed E-state index contributed by atoms with van der Waals surface area (Å²) in [7, 11) is 1.58. The first kappa shape index (κ1) is 29.5. The second kappa shape index (κ2) is 13.3. The highest BCUT2D eigenvalue weighted by molar-refractivity contribution is 6.31. The Bertz CT molecular complexity index is 1460. The average molecular weight is 582 g/mol. The molecule has 0 unspecified atom stereocenters. The Morgan fingerprint density at radius 2 is 1.66 bits per heavy atom. The van der Waals surface area contributed by atoms with Crippen molar-refractivity contribution in [2.24, 2.45) is 0 Å². The van der Waals surface area contributed by atoms with Crippen LogP contribution >= 0.6 is 11.6 Å². The van der Waals surface area contributed by atoms with Crippen molar-refractivity contribution in [1.82, 2.24) is 15.3 Å². The first-order chi connectivity index (χ1) is 19.6. The molecule has 0 radical (unpaired) electrons. The van der Waals surface area contributed by atoms with Gasteiger partial charge in [0.05, 0.1) is 13.3 Å². The number of hydrogen-bond donors (Lipinski definition) is 1. The molecule has 0 aliphatic carbocycles. The van der Waals surface area contributed by atoms with E-state index in [-0.39, 0.29) is 19.8 Å². The Kier molecular flexibility index (Phi) is 9.57. The number of ether oxygens (including phenoxy) is 4. The largest absolute Gasteiger partial charge is 0.497 e. The average Bonchev–Trinajstić information content (AvgIpc) is 3.33. The zero-order valence-corrected chi connectivity index (χ0v) is 24.0. The van der Waals surface area contributed by atoms with Crippen LogP contribution in [0.15, 0.2) is 72.9 Å². The molecule has 216 valence electrons. The maximum absolute atomic E-state index is 13.0. The molecule has 41 heavy (non-hydrogen) atoms. The fourth-order valence-corrected chi connectivity index (χ4v) is 3.96. The number of halogens is 1. The zero-order valence-electron chi connectivity index (χ0n) is 23.3. The van der Waals surface area contributed by atoms with Crippen LogP contribution in [-0.4, -0.2) is 47.6 Å². The molecule has 0 spiro atoms. The second-order valence-electron chi connectivity index (χ2n) is 10.1. The summed E-state index contributed by atoms with van der Waals surface area (Å²) in [5.74, 6) is 0.650. The number of rotatable bonds is 11. The van der Waals surface area contributed by atoms with Crippen molar-refractivity contribution in [2.45, 2.75) is 45.4 Å². The molecule has 10 nitrogen and oxygen atoms in total. The predicted molar refractivity (Wildman–Crippen MR) is 153 cm³/mol. The van der Waals surface area contributed by atoms with Gasteiger partial charge in [-0.25, -0.2) is 9.59 Å². The van der Waals surface area contributed by atoms with Crippen molar-refractivity contribution in [3.8, 4) is 11.5 Å². The Morgan fingerprint density at radius 1 is 0.976 bits per heavy atom. The van der Waals surface area contributed by atoms with Gasteiger partial charge in [0.1, 0.15) is 35.3 Å². The topological polar surface area (TPSA) is 110 Å². The molecule has 1 heterocycles. The molecule has 0 saturated carbocycles. The normalized spacial score (nSPS) is 11.9. The summed E-state index contributed by atoms with van der Waals surface area (Å²) in [5, 5.41) is 8.27. The van der Waals surface area contributed by atoms with E-state index >= 15 is 0 Å². The predicted octanol–water partition coefficient (Wildman–Crippen LogP) is 5.34. The van der Waals surface area contributed by atoms with E-state index in [1.807, 2.05) is 6.07 Å². The van der Waals surface area contributed by atoms with E-state index in [1.165, 1.54) is 4.85 Å². The van der Waals surface area contributed by atoms with Crippen molar-refractivity contribution < 1.29 is 33.4 Å². The van der Waals surface area contributed by atoms with Gasteiger partial charge in [-0.05, 0) is 74.4 Å². The van der Waals surface area contributed by atoms with E-state index in [0.717, 1.165) is 22.0 Å². The molecule has 0 aliphatic rings. The van der Waals surface area contributed by atoms with Crippen LogP contribution in [0.2, 0.25) is 5.02 Å². The summed E-state index contributed by atoms with van der Waals surface area (Å²) >= 11 is 6.07. The molecule has 3 aromatic carbocycles. The molecule has 0 saturated heterocycles. The standard InChI is InChI=1S/C30H32ClN3O7/c1-30(2,3)41-29(36)33-26(28(35)38-18-21-7-11-24(37-4)12-8-21)15-20-5-13-25(14-6-20)39-19-40-34-27-16-23(31)10-9-22(27)17-32-34/h5-14,16-17,26H,15,18-19H2,1-4H3,(H,33,36)/t26-/m1/s1. The maximum atomic E-state index is 13.0. The Hall–Kier alpha value is -4.44. The number of hydrogen-bond acceptors (Lipinski definition) is 8. The molecule has 0 aliphatic heterocycles. The van der Waals surface area contributed by atoms with Gasteiger partial charge in [-0.3, -0.25) is 0 Å².